The summed E-state index contributed by atoms with van der Waals surface area (Å²) in [6.07, 6.45) is 10.6. The fourth-order valence-electron chi connectivity index (χ4n) is 5.85. The zero-order valence-corrected chi connectivity index (χ0v) is 21.5. The molecule has 5 heteroatoms. The number of aromatic nitrogens is 2. The number of rotatable bonds is 8. The Morgan fingerprint density at radius 3 is 2.29 bits per heavy atom. The first-order valence-corrected chi connectivity index (χ1v) is 12.9. The van der Waals surface area contributed by atoms with Crippen LogP contribution in [-0.4, -0.2) is 22.1 Å². The average Bonchev–Trinajstić information content (AvgIpc) is 3.43. The Labute approximate surface area is 204 Å². The second kappa shape index (κ2) is 9.81. The monoisotopic (exact) mass is 460 g/mol. The van der Waals surface area contributed by atoms with Crippen LogP contribution in [0.15, 0.2) is 42.7 Å². The molecule has 4 rings (SSSR count). The zero-order chi connectivity index (χ0) is 24.5. The summed E-state index contributed by atoms with van der Waals surface area (Å²) in [5.41, 5.74) is 11.7. The number of primary amides is 1. The lowest BCUT2D eigenvalue weighted by atomic mass is 9.90. The Morgan fingerprint density at radius 1 is 1.09 bits per heavy atom. The van der Waals surface area contributed by atoms with Gasteiger partial charge < -0.3 is 10.3 Å². The molecule has 182 valence electrons. The molecule has 1 aliphatic carbocycles. The van der Waals surface area contributed by atoms with Gasteiger partial charge >= 0.3 is 6.03 Å². The first kappa shape index (κ1) is 24.3. The number of aryl methyl sites for hydroxylation is 1. The zero-order valence-electron chi connectivity index (χ0n) is 21.5. The predicted octanol–water partition coefficient (Wildman–Crippen LogP) is 7.09. The molecule has 2 heterocycles. The maximum atomic E-state index is 13.1. The molecule has 34 heavy (non-hydrogen) atoms. The molecule has 2 aromatic heterocycles. The van der Waals surface area contributed by atoms with Crippen LogP contribution in [0, 0.1) is 0 Å². The summed E-state index contributed by atoms with van der Waals surface area (Å²) in [4.78, 5) is 19.8. The number of fused-ring (bicyclic) bond motifs is 1. The number of hydrogen-bond donors (Lipinski definition) is 1. The number of para-hydroxylation sites is 1. The van der Waals surface area contributed by atoms with Gasteiger partial charge in [0.25, 0.3) is 0 Å². The van der Waals surface area contributed by atoms with E-state index >= 15 is 0 Å². The molecule has 1 aromatic carbocycles. The van der Waals surface area contributed by atoms with Crippen LogP contribution in [0.1, 0.15) is 95.2 Å². The molecule has 0 unspecified atom stereocenters. The van der Waals surface area contributed by atoms with Gasteiger partial charge in [0.15, 0.2) is 0 Å². The molecule has 1 aliphatic rings. The quantitative estimate of drug-likeness (QED) is 0.390. The highest BCUT2D eigenvalue weighted by atomic mass is 16.2. The van der Waals surface area contributed by atoms with Gasteiger partial charge in [-0.25, -0.2) is 9.78 Å². The SMILES string of the molecule is CCCc1cn(C2(CN(C(N)=O)c3c(C(C)C)cccc3C(C)C)CCCC2)c2ncccc12. The summed E-state index contributed by atoms with van der Waals surface area (Å²) in [5, 5.41) is 1.23. The van der Waals surface area contributed by atoms with Crippen molar-refractivity contribution in [3.05, 3.63) is 59.4 Å². The molecule has 0 atom stereocenters. The summed E-state index contributed by atoms with van der Waals surface area (Å²) in [6.45, 7) is 11.5. The van der Waals surface area contributed by atoms with Crippen molar-refractivity contribution in [3.8, 4) is 0 Å². The number of nitrogens with two attached hydrogens (primary N) is 1. The molecule has 5 nitrogen and oxygen atoms in total. The third-order valence-electron chi connectivity index (χ3n) is 7.54. The Hall–Kier alpha value is -2.82. The average molecular weight is 461 g/mol. The Balaban J connectivity index is 1.88. The third kappa shape index (κ3) is 4.33. The van der Waals surface area contributed by atoms with Crippen molar-refractivity contribution in [1.82, 2.24) is 9.55 Å². The molecule has 0 bridgehead atoms. The molecule has 0 radical (unpaired) electrons. The predicted molar refractivity (Wildman–Crippen MR) is 142 cm³/mol. The second-order valence-corrected chi connectivity index (χ2v) is 10.6. The summed E-state index contributed by atoms with van der Waals surface area (Å²) >= 11 is 0. The third-order valence-corrected chi connectivity index (χ3v) is 7.54. The van der Waals surface area contributed by atoms with Gasteiger partial charge in [-0.3, -0.25) is 4.90 Å². The molecule has 0 saturated heterocycles. The summed E-state index contributed by atoms with van der Waals surface area (Å²) in [7, 11) is 0. The number of nitrogens with zero attached hydrogens (tertiary/aromatic N) is 3. The lowest BCUT2D eigenvalue weighted by Gasteiger charge is -2.38. The van der Waals surface area contributed by atoms with Crippen molar-refractivity contribution in [2.75, 3.05) is 11.4 Å². The van der Waals surface area contributed by atoms with Crippen molar-refractivity contribution in [1.29, 1.82) is 0 Å². The lowest BCUT2D eigenvalue weighted by molar-refractivity contribution is 0.245. The van der Waals surface area contributed by atoms with Crippen molar-refractivity contribution in [3.63, 3.8) is 0 Å². The smallest absolute Gasteiger partial charge is 0.319 e. The Morgan fingerprint density at radius 2 is 1.74 bits per heavy atom. The maximum absolute atomic E-state index is 13.1. The van der Waals surface area contributed by atoms with Gasteiger partial charge in [-0.1, -0.05) is 72.1 Å². The van der Waals surface area contributed by atoms with E-state index in [0.29, 0.717) is 18.4 Å². The van der Waals surface area contributed by atoms with Crippen molar-refractivity contribution >= 4 is 22.8 Å². The molecular weight excluding hydrogens is 420 g/mol. The number of amides is 2. The van der Waals surface area contributed by atoms with Gasteiger partial charge in [0.1, 0.15) is 5.65 Å². The highest BCUT2D eigenvalue weighted by Gasteiger charge is 2.41. The van der Waals surface area contributed by atoms with E-state index in [-0.39, 0.29) is 11.6 Å². The van der Waals surface area contributed by atoms with Crippen LogP contribution in [0.2, 0.25) is 0 Å². The minimum atomic E-state index is -0.375. The summed E-state index contributed by atoms with van der Waals surface area (Å²) in [6, 6.07) is 10.2. The van der Waals surface area contributed by atoms with E-state index in [9.17, 15) is 4.79 Å². The van der Waals surface area contributed by atoms with Crippen molar-refractivity contribution in [2.24, 2.45) is 5.73 Å². The van der Waals surface area contributed by atoms with Crippen LogP contribution >= 0.6 is 0 Å². The first-order valence-electron chi connectivity index (χ1n) is 12.9. The van der Waals surface area contributed by atoms with E-state index < -0.39 is 0 Å². The van der Waals surface area contributed by atoms with E-state index in [0.717, 1.165) is 49.9 Å². The number of benzene rings is 1. The van der Waals surface area contributed by atoms with Gasteiger partial charge in [0.05, 0.1) is 17.8 Å². The minimum absolute atomic E-state index is 0.216. The molecule has 0 aliphatic heterocycles. The van der Waals surface area contributed by atoms with E-state index in [1.54, 1.807) is 0 Å². The number of anilines is 1. The maximum Gasteiger partial charge on any atom is 0.319 e. The second-order valence-electron chi connectivity index (χ2n) is 10.6. The van der Waals surface area contributed by atoms with Crippen LogP contribution in [0.3, 0.4) is 0 Å². The van der Waals surface area contributed by atoms with Gasteiger partial charge in [-0.2, -0.15) is 0 Å². The number of carbonyl (C=O) groups excluding carboxylic acids is 1. The molecule has 2 amide bonds. The number of carbonyl (C=O) groups is 1. The number of urea groups is 1. The van der Waals surface area contributed by atoms with Gasteiger partial charge in [0.2, 0.25) is 0 Å². The van der Waals surface area contributed by atoms with Crippen LogP contribution in [-0.2, 0) is 12.0 Å². The van der Waals surface area contributed by atoms with E-state index in [1.165, 1.54) is 22.1 Å². The minimum Gasteiger partial charge on any atom is -0.351 e. The number of pyridine rings is 1. The molecule has 1 fully saturated rings. The fraction of sp³-hybridized carbons (Fsp3) is 0.517. The van der Waals surface area contributed by atoms with Crippen molar-refractivity contribution in [2.45, 2.75) is 90.5 Å². The Bertz CT molecular complexity index is 1130. The highest BCUT2D eigenvalue weighted by Crippen LogP contribution is 2.43. The molecule has 0 spiro atoms. The van der Waals surface area contributed by atoms with Gasteiger partial charge in [0, 0.05) is 17.8 Å². The number of hydrogen-bond acceptors (Lipinski definition) is 2. The van der Waals surface area contributed by atoms with Crippen molar-refractivity contribution < 1.29 is 4.79 Å². The van der Waals surface area contributed by atoms with E-state index in [4.69, 9.17) is 10.7 Å². The molecule has 1 saturated carbocycles. The van der Waals surface area contributed by atoms with Crippen LogP contribution in [0.5, 0.6) is 0 Å². The Kier molecular flexibility index (Phi) is 7.01. The topological polar surface area (TPSA) is 64.2 Å². The highest BCUT2D eigenvalue weighted by molar-refractivity contribution is 5.93. The normalized spacial score (nSPS) is 15.5. The molecular formula is C29H40N4O. The van der Waals surface area contributed by atoms with Gasteiger partial charge in [-0.15, -0.1) is 0 Å². The van der Waals surface area contributed by atoms with Gasteiger partial charge in [-0.05, 0) is 59.9 Å². The van der Waals surface area contributed by atoms with Crippen LogP contribution in [0.25, 0.3) is 11.0 Å². The molecule has 3 aromatic rings. The van der Waals surface area contributed by atoms with Crippen LogP contribution in [0.4, 0.5) is 10.5 Å². The lowest BCUT2D eigenvalue weighted by Crippen LogP contribution is -2.48. The van der Waals surface area contributed by atoms with E-state index in [2.05, 4.69) is 69.6 Å². The molecule has 2 N–H and O–H groups in total. The summed E-state index contributed by atoms with van der Waals surface area (Å²) in [5.74, 6) is 0.584. The van der Waals surface area contributed by atoms with Crippen LogP contribution < -0.4 is 10.6 Å². The first-order chi connectivity index (χ1) is 16.3. The summed E-state index contributed by atoms with van der Waals surface area (Å²) < 4.78 is 2.39. The largest absolute Gasteiger partial charge is 0.351 e. The standard InChI is InChI=1S/C29H40N4O/c1-6-11-22-18-33(27-25(22)14-10-17-31-27)29(15-7-8-16-29)19-32(28(30)34)26-23(20(2)3)12-9-13-24(26)21(4)5/h9-10,12-14,17-18,20-21H,6-8,11,15-16,19H2,1-5H3,(H2,30,34). The fourth-order valence-corrected chi connectivity index (χ4v) is 5.85. The van der Waals surface area contributed by atoms with E-state index in [1.807, 2.05) is 17.2 Å².